The zero-order valence-electron chi connectivity index (χ0n) is 7.94. The molecule has 2 rings (SSSR count). The number of carbonyl (C=O) groups is 1. The lowest BCUT2D eigenvalue weighted by molar-refractivity contribution is -0.136. The first kappa shape index (κ1) is 10.8. The topological polar surface area (TPSA) is 63.1 Å². The van der Waals surface area contributed by atoms with Crippen LogP contribution < -0.4 is 0 Å². The van der Waals surface area contributed by atoms with E-state index in [0.717, 1.165) is 0 Å². The number of hydrogen-bond acceptors (Lipinski definition) is 3. The van der Waals surface area contributed by atoms with Crippen molar-refractivity contribution in [3.63, 3.8) is 0 Å². The van der Waals surface area contributed by atoms with Gasteiger partial charge in [0.2, 0.25) is 0 Å². The van der Waals surface area contributed by atoms with Gasteiger partial charge in [-0.3, -0.25) is 4.79 Å². The summed E-state index contributed by atoms with van der Waals surface area (Å²) in [6.07, 6.45) is -0.312. The number of carboxylic acid groups (broad SMARTS) is 1. The second kappa shape index (κ2) is 4.02. The molecule has 82 valence electrons. The van der Waals surface area contributed by atoms with Crippen LogP contribution in [0.15, 0.2) is 18.2 Å². The molecule has 2 aromatic rings. The van der Waals surface area contributed by atoms with E-state index in [1.807, 2.05) is 0 Å². The van der Waals surface area contributed by atoms with Crippen LogP contribution in [0.3, 0.4) is 0 Å². The number of hydrogen-bond donors (Lipinski definition) is 1. The maximum absolute atomic E-state index is 12.9. The highest BCUT2D eigenvalue weighted by atomic mass is 35.5. The fourth-order valence-corrected chi connectivity index (χ4v) is 1.57. The standard InChI is InChI=1S/C10H6ClFN2O2/c11-10-6-3-5(12)1-2-7(6)13-8(14-10)4-9(15)16/h1-3H,4H2,(H,15,16). The number of halogens is 2. The minimum atomic E-state index is -1.04. The van der Waals surface area contributed by atoms with Gasteiger partial charge in [-0.1, -0.05) is 11.6 Å². The van der Waals surface area contributed by atoms with E-state index in [9.17, 15) is 9.18 Å². The first-order valence-electron chi connectivity index (χ1n) is 4.40. The molecule has 0 saturated carbocycles. The largest absolute Gasteiger partial charge is 0.481 e. The van der Waals surface area contributed by atoms with E-state index in [-0.39, 0.29) is 17.4 Å². The highest BCUT2D eigenvalue weighted by Crippen LogP contribution is 2.21. The normalized spacial score (nSPS) is 10.6. The smallest absolute Gasteiger partial charge is 0.311 e. The predicted molar refractivity (Wildman–Crippen MR) is 55.8 cm³/mol. The van der Waals surface area contributed by atoms with Crippen LogP contribution >= 0.6 is 11.6 Å². The fraction of sp³-hybridized carbons (Fsp3) is 0.100. The Morgan fingerprint density at radius 1 is 1.44 bits per heavy atom. The Morgan fingerprint density at radius 3 is 2.88 bits per heavy atom. The highest BCUT2D eigenvalue weighted by Gasteiger charge is 2.09. The Labute approximate surface area is 94.7 Å². The van der Waals surface area contributed by atoms with Gasteiger partial charge in [-0.05, 0) is 18.2 Å². The molecule has 1 aromatic heterocycles. The molecule has 0 amide bonds. The molecule has 6 heteroatoms. The maximum atomic E-state index is 12.9. The Morgan fingerprint density at radius 2 is 2.19 bits per heavy atom. The molecular formula is C10H6ClFN2O2. The Hall–Kier alpha value is -1.75. The average Bonchev–Trinajstić information content (AvgIpc) is 2.18. The third-order valence-electron chi connectivity index (χ3n) is 1.97. The number of benzene rings is 1. The number of nitrogens with zero attached hydrogens (tertiary/aromatic N) is 2. The first-order valence-corrected chi connectivity index (χ1v) is 4.77. The molecule has 0 bridgehead atoms. The lowest BCUT2D eigenvalue weighted by Gasteiger charge is -2.02. The summed E-state index contributed by atoms with van der Waals surface area (Å²) >= 11 is 5.81. The molecule has 0 unspecified atom stereocenters. The van der Waals surface area contributed by atoms with Gasteiger partial charge in [0, 0.05) is 5.39 Å². The molecule has 0 saturated heterocycles. The predicted octanol–water partition coefficient (Wildman–Crippen LogP) is 2.05. The molecule has 0 aliphatic rings. The van der Waals surface area contributed by atoms with Crippen LogP contribution in [0.4, 0.5) is 4.39 Å². The van der Waals surface area contributed by atoms with Crippen LogP contribution in [0.1, 0.15) is 5.82 Å². The lowest BCUT2D eigenvalue weighted by atomic mass is 10.2. The summed E-state index contributed by atoms with van der Waals surface area (Å²) in [4.78, 5) is 18.3. The summed E-state index contributed by atoms with van der Waals surface area (Å²) in [6.45, 7) is 0. The summed E-state index contributed by atoms with van der Waals surface area (Å²) < 4.78 is 12.9. The van der Waals surface area contributed by atoms with Crippen molar-refractivity contribution < 1.29 is 14.3 Å². The Kier molecular flexibility index (Phi) is 2.70. The van der Waals surface area contributed by atoms with Crippen molar-refractivity contribution in [3.05, 3.63) is 35.0 Å². The number of fused-ring (bicyclic) bond motifs is 1. The number of carboxylic acids is 1. The van der Waals surface area contributed by atoms with E-state index >= 15 is 0 Å². The van der Waals surface area contributed by atoms with Gasteiger partial charge in [-0.15, -0.1) is 0 Å². The van der Waals surface area contributed by atoms with E-state index in [4.69, 9.17) is 16.7 Å². The maximum Gasteiger partial charge on any atom is 0.311 e. The SMILES string of the molecule is O=C(O)Cc1nc(Cl)c2cc(F)ccc2n1. The van der Waals surface area contributed by atoms with Gasteiger partial charge in [0.1, 0.15) is 23.2 Å². The molecule has 1 aromatic carbocycles. The molecule has 0 radical (unpaired) electrons. The highest BCUT2D eigenvalue weighted by molar-refractivity contribution is 6.34. The van der Waals surface area contributed by atoms with Crippen LogP contribution in [0, 0.1) is 5.82 Å². The summed E-state index contributed by atoms with van der Waals surface area (Å²) in [7, 11) is 0. The van der Waals surface area contributed by atoms with Crippen molar-refractivity contribution in [2.45, 2.75) is 6.42 Å². The first-order chi connectivity index (χ1) is 7.56. The second-order valence-corrected chi connectivity index (χ2v) is 3.52. The van der Waals surface area contributed by atoms with E-state index in [1.165, 1.54) is 18.2 Å². The van der Waals surface area contributed by atoms with E-state index in [0.29, 0.717) is 10.9 Å². The van der Waals surface area contributed by atoms with Crippen LogP contribution in [0.2, 0.25) is 5.15 Å². The van der Waals surface area contributed by atoms with Crippen LogP contribution in [0.5, 0.6) is 0 Å². The number of aromatic nitrogens is 2. The zero-order valence-corrected chi connectivity index (χ0v) is 8.70. The third-order valence-corrected chi connectivity index (χ3v) is 2.26. The van der Waals surface area contributed by atoms with Crippen molar-refractivity contribution in [1.82, 2.24) is 9.97 Å². The van der Waals surface area contributed by atoms with E-state index < -0.39 is 11.8 Å². The molecular weight excluding hydrogens is 235 g/mol. The van der Waals surface area contributed by atoms with Crippen LogP contribution in [0.25, 0.3) is 10.9 Å². The number of rotatable bonds is 2. The second-order valence-electron chi connectivity index (χ2n) is 3.16. The van der Waals surface area contributed by atoms with Gasteiger partial charge < -0.3 is 5.11 Å². The molecule has 4 nitrogen and oxygen atoms in total. The molecule has 0 aliphatic carbocycles. The molecule has 1 N–H and O–H groups in total. The molecule has 0 aliphatic heterocycles. The molecule has 0 fully saturated rings. The van der Waals surface area contributed by atoms with Gasteiger partial charge in [-0.2, -0.15) is 0 Å². The van der Waals surface area contributed by atoms with Crippen molar-refractivity contribution in [3.8, 4) is 0 Å². The van der Waals surface area contributed by atoms with Gasteiger partial charge in [0.25, 0.3) is 0 Å². The van der Waals surface area contributed by atoms with Gasteiger partial charge >= 0.3 is 5.97 Å². The molecule has 16 heavy (non-hydrogen) atoms. The van der Waals surface area contributed by atoms with E-state index in [2.05, 4.69) is 9.97 Å². The average molecular weight is 241 g/mol. The third kappa shape index (κ3) is 2.09. The minimum absolute atomic E-state index is 0.0563. The van der Waals surface area contributed by atoms with Crippen LogP contribution in [-0.2, 0) is 11.2 Å². The lowest BCUT2D eigenvalue weighted by Crippen LogP contribution is -2.05. The molecule has 0 atom stereocenters. The summed E-state index contributed by atoms with van der Waals surface area (Å²) in [5, 5.41) is 9.02. The van der Waals surface area contributed by atoms with E-state index in [1.54, 1.807) is 0 Å². The van der Waals surface area contributed by atoms with Crippen molar-refractivity contribution in [2.24, 2.45) is 0 Å². The van der Waals surface area contributed by atoms with Crippen molar-refractivity contribution >= 4 is 28.5 Å². The van der Waals surface area contributed by atoms with Crippen LogP contribution in [-0.4, -0.2) is 21.0 Å². The van der Waals surface area contributed by atoms with Gasteiger partial charge in [0.05, 0.1) is 5.52 Å². The number of aliphatic carboxylic acids is 1. The molecule has 1 heterocycles. The van der Waals surface area contributed by atoms with Gasteiger partial charge in [-0.25, -0.2) is 14.4 Å². The minimum Gasteiger partial charge on any atom is -0.481 e. The van der Waals surface area contributed by atoms with Crippen molar-refractivity contribution in [2.75, 3.05) is 0 Å². The summed E-state index contributed by atoms with van der Waals surface area (Å²) in [6, 6.07) is 3.88. The fourth-order valence-electron chi connectivity index (χ4n) is 1.32. The summed E-state index contributed by atoms with van der Waals surface area (Å²) in [5.74, 6) is -1.38. The quantitative estimate of drug-likeness (QED) is 0.816. The zero-order chi connectivity index (χ0) is 11.7. The van der Waals surface area contributed by atoms with Gasteiger partial charge in [0.15, 0.2) is 0 Å². The summed E-state index contributed by atoms with van der Waals surface area (Å²) in [5.41, 5.74) is 0.428. The van der Waals surface area contributed by atoms with Crippen molar-refractivity contribution in [1.29, 1.82) is 0 Å². The Balaban J connectivity index is 2.59. The molecule has 0 spiro atoms. The Bertz CT molecular complexity index is 574. The monoisotopic (exact) mass is 240 g/mol.